The van der Waals surface area contributed by atoms with Crippen LogP contribution in [-0.4, -0.2) is 36.5 Å². The van der Waals surface area contributed by atoms with Crippen LogP contribution in [0.2, 0.25) is 0 Å². The number of hydrogen-bond donors (Lipinski definition) is 3. The van der Waals surface area contributed by atoms with Crippen LogP contribution in [-0.2, 0) is 4.79 Å². The van der Waals surface area contributed by atoms with Crippen molar-refractivity contribution in [3.8, 4) is 6.07 Å². The van der Waals surface area contributed by atoms with Crippen molar-refractivity contribution in [2.75, 3.05) is 18.6 Å². The highest BCUT2D eigenvalue weighted by molar-refractivity contribution is 7.98. The SMILES string of the molecule is CSCC(NC(=O)NC(C)c1ccccc1)C(=O)NCC#N. The third kappa shape index (κ3) is 6.06. The summed E-state index contributed by atoms with van der Waals surface area (Å²) in [7, 11) is 0. The summed E-state index contributed by atoms with van der Waals surface area (Å²) < 4.78 is 0. The Morgan fingerprint density at radius 1 is 1.27 bits per heavy atom. The first-order chi connectivity index (χ1) is 10.6. The predicted octanol–water partition coefficient (Wildman–Crippen LogP) is 1.42. The standard InChI is InChI=1S/C15H20N4O2S/c1-11(12-6-4-3-5-7-12)18-15(21)19-13(10-22-2)14(20)17-9-8-16/h3-7,11,13H,9-10H2,1-2H3,(H,17,20)(H2,18,19,21). The molecule has 3 N–H and O–H groups in total. The van der Waals surface area contributed by atoms with E-state index in [0.717, 1.165) is 5.56 Å². The summed E-state index contributed by atoms with van der Waals surface area (Å²) >= 11 is 1.44. The molecule has 0 spiro atoms. The Labute approximate surface area is 134 Å². The second kappa shape index (κ2) is 9.68. The second-order valence-corrected chi connectivity index (χ2v) is 5.54. The number of carbonyl (C=O) groups is 2. The summed E-state index contributed by atoms with van der Waals surface area (Å²) in [6.07, 6.45) is 1.84. The van der Waals surface area contributed by atoms with Crippen LogP contribution in [0.5, 0.6) is 0 Å². The number of nitriles is 1. The molecule has 0 aliphatic rings. The number of nitrogens with zero attached hydrogens (tertiary/aromatic N) is 1. The summed E-state index contributed by atoms with van der Waals surface area (Å²) in [5.74, 6) is 0.0723. The first kappa shape index (κ1) is 17.9. The molecular formula is C15H20N4O2S. The molecule has 6 nitrogen and oxygen atoms in total. The number of hydrogen-bond acceptors (Lipinski definition) is 4. The van der Waals surface area contributed by atoms with Gasteiger partial charge in [0.1, 0.15) is 12.6 Å². The molecule has 118 valence electrons. The van der Waals surface area contributed by atoms with E-state index in [4.69, 9.17) is 5.26 Å². The van der Waals surface area contributed by atoms with Crippen LogP contribution in [0.4, 0.5) is 4.79 Å². The van der Waals surface area contributed by atoms with E-state index < -0.39 is 12.1 Å². The van der Waals surface area contributed by atoms with Gasteiger partial charge < -0.3 is 16.0 Å². The summed E-state index contributed by atoms with van der Waals surface area (Å²) in [5.41, 5.74) is 0.980. The summed E-state index contributed by atoms with van der Waals surface area (Å²) in [6.45, 7) is 1.79. The van der Waals surface area contributed by atoms with Crippen LogP contribution in [0, 0.1) is 11.3 Å². The molecule has 0 aliphatic carbocycles. The van der Waals surface area contributed by atoms with Crippen LogP contribution < -0.4 is 16.0 Å². The van der Waals surface area contributed by atoms with Crippen molar-refractivity contribution in [3.05, 3.63) is 35.9 Å². The van der Waals surface area contributed by atoms with Gasteiger partial charge in [0.2, 0.25) is 5.91 Å². The Balaban J connectivity index is 2.56. The minimum absolute atomic E-state index is 0.0760. The first-order valence-corrected chi connectivity index (χ1v) is 8.23. The number of thioether (sulfide) groups is 1. The van der Waals surface area contributed by atoms with Crippen LogP contribution >= 0.6 is 11.8 Å². The van der Waals surface area contributed by atoms with Gasteiger partial charge >= 0.3 is 6.03 Å². The molecule has 0 aromatic heterocycles. The van der Waals surface area contributed by atoms with Crippen molar-refractivity contribution in [1.82, 2.24) is 16.0 Å². The van der Waals surface area contributed by atoms with Gasteiger partial charge in [0.05, 0.1) is 12.1 Å². The van der Waals surface area contributed by atoms with Gasteiger partial charge in [-0.3, -0.25) is 4.79 Å². The average Bonchev–Trinajstić information content (AvgIpc) is 2.52. The van der Waals surface area contributed by atoms with Gasteiger partial charge in [-0.2, -0.15) is 17.0 Å². The van der Waals surface area contributed by atoms with Crippen molar-refractivity contribution in [2.24, 2.45) is 0 Å². The Morgan fingerprint density at radius 2 is 1.95 bits per heavy atom. The van der Waals surface area contributed by atoms with Gasteiger partial charge in [0, 0.05) is 5.75 Å². The molecule has 0 saturated carbocycles. The topological polar surface area (TPSA) is 94.0 Å². The average molecular weight is 320 g/mol. The molecule has 7 heteroatoms. The molecule has 22 heavy (non-hydrogen) atoms. The molecule has 2 atom stereocenters. The summed E-state index contributed by atoms with van der Waals surface area (Å²) in [6, 6.07) is 10.1. The largest absolute Gasteiger partial charge is 0.341 e. The zero-order chi connectivity index (χ0) is 16.4. The fourth-order valence-corrected chi connectivity index (χ4v) is 2.39. The van der Waals surface area contributed by atoms with Crippen molar-refractivity contribution in [3.63, 3.8) is 0 Å². The lowest BCUT2D eigenvalue weighted by molar-refractivity contribution is -0.122. The highest BCUT2D eigenvalue weighted by atomic mass is 32.2. The maximum absolute atomic E-state index is 12.0. The lowest BCUT2D eigenvalue weighted by Crippen LogP contribution is -2.51. The molecule has 0 heterocycles. The minimum Gasteiger partial charge on any atom is -0.341 e. The van der Waals surface area contributed by atoms with Crippen molar-refractivity contribution < 1.29 is 9.59 Å². The number of carbonyl (C=O) groups excluding carboxylic acids is 2. The lowest BCUT2D eigenvalue weighted by atomic mass is 10.1. The highest BCUT2D eigenvalue weighted by Gasteiger charge is 2.20. The predicted molar refractivity (Wildman–Crippen MR) is 87.3 cm³/mol. The van der Waals surface area contributed by atoms with Gasteiger partial charge in [0.25, 0.3) is 0 Å². The summed E-state index contributed by atoms with van der Waals surface area (Å²) in [5, 5.41) is 16.4. The minimum atomic E-state index is -0.675. The van der Waals surface area contributed by atoms with Crippen LogP contribution in [0.25, 0.3) is 0 Å². The highest BCUT2D eigenvalue weighted by Crippen LogP contribution is 2.10. The molecule has 0 saturated heterocycles. The fourth-order valence-electron chi connectivity index (χ4n) is 1.82. The van der Waals surface area contributed by atoms with Crippen molar-refractivity contribution in [2.45, 2.75) is 19.0 Å². The third-order valence-corrected chi connectivity index (χ3v) is 3.61. The maximum Gasteiger partial charge on any atom is 0.315 e. The zero-order valence-electron chi connectivity index (χ0n) is 12.6. The Bertz CT molecular complexity index is 530. The van der Waals surface area contributed by atoms with Gasteiger partial charge in [-0.15, -0.1) is 0 Å². The Kier molecular flexibility index (Phi) is 7.86. The van der Waals surface area contributed by atoms with E-state index in [-0.39, 0.29) is 18.5 Å². The van der Waals surface area contributed by atoms with Gasteiger partial charge in [0.15, 0.2) is 0 Å². The monoisotopic (exact) mass is 320 g/mol. The molecule has 0 fully saturated rings. The number of nitrogens with one attached hydrogen (secondary N) is 3. The van der Waals surface area contributed by atoms with E-state index in [1.54, 1.807) is 0 Å². The molecule has 0 bridgehead atoms. The summed E-state index contributed by atoms with van der Waals surface area (Å²) in [4.78, 5) is 23.9. The molecule has 1 aromatic carbocycles. The number of rotatable bonds is 7. The Hall–Kier alpha value is -2.20. The first-order valence-electron chi connectivity index (χ1n) is 6.84. The zero-order valence-corrected chi connectivity index (χ0v) is 13.4. The maximum atomic E-state index is 12.0. The van der Waals surface area contributed by atoms with Gasteiger partial charge in [-0.1, -0.05) is 30.3 Å². The smallest absolute Gasteiger partial charge is 0.315 e. The van der Waals surface area contributed by atoms with Crippen molar-refractivity contribution in [1.29, 1.82) is 5.26 Å². The Morgan fingerprint density at radius 3 is 2.55 bits per heavy atom. The molecule has 2 unspecified atom stereocenters. The number of urea groups is 1. The van der Waals surface area contributed by atoms with Crippen molar-refractivity contribution >= 4 is 23.7 Å². The molecule has 3 amide bonds. The molecular weight excluding hydrogens is 300 g/mol. The second-order valence-electron chi connectivity index (χ2n) is 4.63. The molecule has 1 aromatic rings. The molecule has 0 radical (unpaired) electrons. The van der Waals surface area contributed by atoms with E-state index in [2.05, 4.69) is 16.0 Å². The van der Waals surface area contributed by atoms with Crippen LogP contribution in [0.1, 0.15) is 18.5 Å². The van der Waals surface area contributed by atoms with Gasteiger partial charge in [-0.05, 0) is 18.7 Å². The quantitative estimate of drug-likeness (QED) is 0.662. The normalized spacial score (nSPS) is 12.6. The molecule has 1 rings (SSSR count). The van der Waals surface area contributed by atoms with Crippen LogP contribution in [0.15, 0.2) is 30.3 Å². The van der Waals surface area contributed by atoms with Gasteiger partial charge in [-0.25, -0.2) is 4.79 Å². The number of benzene rings is 1. The van der Waals surface area contributed by atoms with E-state index in [0.29, 0.717) is 5.75 Å². The third-order valence-electron chi connectivity index (χ3n) is 2.94. The lowest BCUT2D eigenvalue weighted by Gasteiger charge is -2.20. The van der Waals surface area contributed by atoms with Crippen LogP contribution in [0.3, 0.4) is 0 Å². The van der Waals surface area contributed by atoms with E-state index in [1.165, 1.54) is 11.8 Å². The molecule has 0 aliphatic heterocycles. The number of amides is 3. The fraction of sp³-hybridized carbons (Fsp3) is 0.400. The van der Waals surface area contributed by atoms with E-state index in [1.807, 2.05) is 49.6 Å². The van der Waals surface area contributed by atoms with E-state index in [9.17, 15) is 9.59 Å². The van der Waals surface area contributed by atoms with E-state index >= 15 is 0 Å².